The molecule has 0 fully saturated rings. The summed E-state index contributed by atoms with van der Waals surface area (Å²) >= 11 is 5.98. The molecule has 0 aliphatic heterocycles. The van der Waals surface area contributed by atoms with Gasteiger partial charge in [0.25, 0.3) is 0 Å². The molecule has 8 heteroatoms. The van der Waals surface area contributed by atoms with Gasteiger partial charge in [-0.1, -0.05) is 42.5 Å². The Morgan fingerprint density at radius 1 is 0.889 bits per heavy atom. The number of carboxylic acid groups (broad SMARTS) is 1. The number of hydrogen-bond acceptors (Lipinski definition) is 6. The minimum Gasteiger partial charge on any atom is -0.478 e. The van der Waals surface area contributed by atoms with Crippen molar-refractivity contribution in [1.82, 2.24) is 15.0 Å². The van der Waals surface area contributed by atoms with E-state index in [0.29, 0.717) is 25.0 Å². The molecule has 138 valence electrons. The van der Waals surface area contributed by atoms with Crippen LogP contribution in [0.2, 0.25) is 5.28 Å². The molecule has 0 atom stereocenters. The second-order valence-electron chi connectivity index (χ2n) is 5.77. The molecule has 1 aromatic heterocycles. The fraction of sp³-hybridized carbons (Fsp3) is 0.158. The molecule has 27 heavy (non-hydrogen) atoms. The van der Waals surface area contributed by atoms with Crippen molar-refractivity contribution in [2.45, 2.75) is 13.0 Å². The summed E-state index contributed by atoms with van der Waals surface area (Å²) in [4.78, 5) is 23.3. The number of carboxylic acids is 1. The van der Waals surface area contributed by atoms with E-state index in [2.05, 4.69) is 37.7 Å². The molecule has 1 heterocycles. The zero-order valence-corrected chi connectivity index (χ0v) is 15.1. The fourth-order valence-corrected chi connectivity index (χ4v) is 2.58. The average molecular weight is 384 g/mol. The molecule has 3 aromatic rings. The number of hydrogen-bond donors (Lipinski definition) is 3. The number of aromatic carboxylic acids is 1. The van der Waals surface area contributed by atoms with Crippen molar-refractivity contribution in [2.75, 3.05) is 17.2 Å². The van der Waals surface area contributed by atoms with Gasteiger partial charge < -0.3 is 15.7 Å². The minimum atomic E-state index is -0.954. The van der Waals surface area contributed by atoms with Crippen LogP contribution in [-0.2, 0) is 13.0 Å². The third kappa shape index (κ3) is 5.65. The Morgan fingerprint density at radius 3 is 2.22 bits per heavy atom. The van der Waals surface area contributed by atoms with Crippen molar-refractivity contribution in [2.24, 2.45) is 0 Å². The second-order valence-corrected chi connectivity index (χ2v) is 6.11. The Kier molecular flexibility index (Phi) is 6.17. The SMILES string of the molecule is O=C(O)c1ccc(CNc2nc(Cl)nc(NCCc3ccccc3)n2)cc1. The molecular formula is C19H18ClN5O2. The van der Waals surface area contributed by atoms with Crippen molar-refractivity contribution in [3.05, 3.63) is 76.6 Å². The molecule has 3 rings (SSSR count). The van der Waals surface area contributed by atoms with Gasteiger partial charge in [-0.15, -0.1) is 0 Å². The van der Waals surface area contributed by atoms with E-state index in [0.717, 1.165) is 12.0 Å². The molecule has 0 spiro atoms. The minimum absolute atomic E-state index is 0.0935. The molecule has 0 aliphatic rings. The normalized spacial score (nSPS) is 10.4. The van der Waals surface area contributed by atoms with Gasteiger partial charge in [0.15, 0.2) is 0 Å². The predicted octanol–water partition coefficient (Wildman–Crippen LogP) is 3.49. The maximum absolute atomic E-state index is 10.9. The quantitative estimate of drug-likeness (QED) is 0.547. The summed E-state index contributed by atoms with van der Waals surface area (Å²) in [5.74, 6) is -0.209. The smallest absolute Gasteiger partial charge is 0.335 e. The van der Waals surface area contributed by atoms with Crippen LogP contribution in [0.4, 0.5) is 11.9 Å². The third-order valence-corrected chi connectivity index (χ3v) is 3.97. The van der Waals surface area contributed by atoms with Crippen molar-refractivity contribution in [3.63, 3.8) is 0 Å². The fourth-order valence-electron chi connectivity index (χ4n) is 2.42. The monoisotopic (exact) mass is 383 g/mol. The summed E-state index contributed by atoms with van der Waals surface area (Å²) in [5.41, 5.74) is 2.36. The van der Waals surface area contributed by atoms with Crippen LogP contribution in [0.25, 0.3) is 0 Å². The molecular weight excluding hydrogens is 366 g/mol. The molecule has 0 amide bonds. The van der Waals surface area contributed by atoms with E-state index in [9.17, 15) is 4.79 Å². The summed E-state index contributed by atoms with van der Waals surface area (Å²) in [5, 5.41) is 15.2. The van der Waals surface area contributed by atoms with Gasteiger partial charge in [-0.2, -0.15) is 15.0 Å². The van der Waals surface area contributed by atoms with Crippen molar-refractivity contribution in [3.8, 4) is 0 Å². The summed E-state index contributed by atoms with van der Waals surface area (Å²) in [6, 6.07) is 16.7. The third-order valence-electron chi connectivity index (χ3n) is 3.80. The van der Waals surface area contributed by atoms with E-state index in [1.165, 1.54) is 5.56 Å². The highest BCUT2D eigenvalue weighted by molar-refractivity contribution is 6.28. The molecule has 0 saturated heterocycles. The van der Waals surface area contributed by atoms with E-state index in [4.69, 9.17) is 16.7 Å². The number of halogens is 1. The zero-order valence-electron chi connectivity index (χ0n) is 14.4. The van der Waals surface area contributed by atoms with Crippen molar-refractivity contribution < 1.29 is 9.90 Å². The molecule has 2 aromatic carbocycles. The molecule has 0 saturated carbocycles. The Morgan fingerprint density at radius 2 is 1.56 bits per heavy atom. The largest absolute Gasteiger partial charge is 0.478 e. The van der Waals surface area contributed by atoms with E-state index >= 15 is 0 Å². The Hall–Kier alpha value is -3.19. The lowest BCUT2D eigenvalue weighted by atomic mass is 10.1. The highest BCUT2D eigenvalue weighted by atomic mass is 35.5. The first-order valence-electron chi connectivity index (χ1n) is 8.35. The van der Waals surface area contributed by atoms with Crippen molar-refractivity contribution in [1.29, 1.82) is 0 Å². The van der Waals surface area contributed by atoms with Crippen LogP contribution in [0.3, 0.4) is 0 Å². The summed E-state index contributed by atoms with van der Waals surface area (Å²) < 4.78 is 0. The summed E-state index contributed by atoms with van der Waals surface area (Å²) in [7, 11) is 0. The average Bonchev–Trinajstić information content (AvgIpc) is 2.67. The standard InChI is InChI=1S/C19H18ClN5O2/c20-17-23-18(21-11-10-13-4-2-1-3-5-13)25-19(24-17)22-12-14-6-8-15(9-7-14)16(26)27/h1-9H,10-12H2,(H,26,27)(H2,21,22,23,24,25). The number of nitrogens with zero attached hydrogens (tertiary/aromatic N) is 3. The van der Waals surface area contributed by atoms with Crippen molar-refractivity contribution >= 4 is 29.5 Å². The van der Waals surface area contributed by atoms with Gasteiger partial charge in [-0.05, 0) is 41.3 Å². The van der Waals surface area contributed by atoms with E-state index < -0.39 is 5.97 Å². The van der Waals surface area contributed by atoms with Crippen LogP contribution in [-0.4, -0.2) is 32.6 Å². The molecule has 0 unspecified atom stereocenters. The van der Waals surface area contributed by atoms with E-state index in [1.807, 2.05) is 18.2 Å². The lowest BCUT2D eigenvalue weighted by molar-refractivity contribution is 0.0697. The van der Waals surface area contributed by atoms with Gasteiger partial charge in [0.1, 0.15) is 0 Å². The van der Waals surface area contributed by atoms with Gasteiger partial charge in [0.2, 0.25) is 17.2 Å². The molecule has 3 N–H and O–H groups in total. The first-order chi connectivity index (χ1) is 13.1. The van der Waals surface area contributed by atoms with Crippen LogP contribution in [0.15, 0.2) is 54.6 Å². The van der Waals surface area contributed by atoms with Crippen LogP contribution in [0.5, 0.6) is 0 Å². The molecule has 0 bridgehead atoms. The van der Waals surface area contributed by atoms with Crippen LogP contribution in [0.1, 0.15) is 21.5 Å². The Bertz CT molecular complexity index is 904. The number of anilines is 2. The van der Waals surface area contributed by atoms with E-state index in [-0.39, 0.29) is 10.8 Å². The Labute approximate surface area is 161 Å². The number of aromatic nitrogens is 3. The Balaban J connectivity index is 1.57. The highest BCUT2D eigenvalue weighted by Crippen LogP contribution is 2.12. The second kappa shape index (κ2) is 8.95. The number of rotatable bonds is 8. The number of nitrogens with one attached hydrogen (secondary N) is 2. The lowest BCUT2D eigenvalue weighted by Gasteiger charge is -2.09. The van der Waals surface area contributed by atoms with Crippen LogP contribution < -0.4 is 10.6 Å². The zero-order chi connectivity index (χ0) is 19.1. The van der Waals surface area contributed by atoms with E-state index in [1.54, 1.807) is 24.3 Å². The first kappa shape index (κ1) is 18.6. The topological polar surface area (TPSA) is 100 Å². The highest BCUT2D eigenvalue weighted by Gasteiger charge is 2.06. The molecule has 7 nitrogen and oxygen atoms in total. The van der Waals surface area contributed by atoms with Gasteiger partial charge >= 0.3 is 5.97 Å². The lowest BCUT2D eigenvalue weighted by Crippen LogP contribution is -2.11. The molecule has 0 aliphatic carbocycles. The van der Waals surface area contributed by atoms with Crippen LogP contribution >= 0.6 is 11.6 Å². The maximum Gasteiger partial charge on any atom is 0.335 e. The van der Waals surface area contributed by atoms with Gasteiger partial charge in [0, 0.05) is 13.1 Å². The van der Waals surface area contributed by atoms with Gasteiger partial charge in [-0.25, -0.2) is 4.79 Å². The van der Waals surface area contributed by atoms with Crippen LogP contribution in [0, 0.1) is 0 Å². The molecule has 0 radical (unpaired) electrons. The number of carbonyl (C=O) groups is 1. The first-order valence-corrected chi connectivity index (χ1v) is 8.73. The summed E-state index contributed by atoms with van der Waals surface area (Å²) in [6.07, 6.45) is 0.836. The van der Waals surface area contributed by atoms with Gasteiger partial charge in [0.05, 0.1) is 5.56 Å². The maximum atomic E-state index is 10.9. The summed E-state index contributed by atoms with van der Waals surface area (Å²) in [6.45, 7) is 1.10. The van der Waals surface area contributed by atoms with Gasteiger partial charge in [-0.3, -0.25) is 0 Å². The number of benzene rings is 2. The predicted molar refractivity (Wildman–Crippen MR) is 104 cm³/mol.